The molecule has 0 atom stereocenters. The first-order valence-corrected chi connectivity index (χ1v) is 7.39. The average molecular weight is 275 g/mol. The minimum Gasteiger partial charge on any atom is -0.245 e. The van der Waals surface area contributed by atoms with E-state index in [1.165, 1.54) is 28.7 Å². The van der Waals surface area contributed by atoms with Gasteiger partial charge in [0.2, 0.25) is 0 Å². The fourth-order valence-corrected chi connectivity index (χ4v) is 3.42. The molecule has 0 amide bonds. The molecule has 4 heteroatoms. The van der Waals surface area contributed by atoms with Gasteiger partial charge in [0.15, 0.2) is 5.82 Å². The van der Waals surface area contributed by atoms with Gasteiger partial charge in [-0.2, -0.15) is 0 Å². The predicted molar refractivity (Wildman–Crippen MR) is 75.6 cm³/mol. The standard InChI is InChI=1S/C14H10FNS2/c15-13-12(7-6-11-14(13)18-9-16-11)17-8-10-4-2-1-3-5-10/h1-7,9H,8H2. The average Bonchev–Trinajstić information content (AvgIpc) is 2.88. The Hall–Kier alpha value is -1.39. The van der Waals surface area contributed by atoms with Gasteiger partial charge in [-0.15, -0.1) is 23.1 Å². The molecule has 0 unspecified atom stereocenters. The van der Waals surface area contributed by atoms with Gasteiger partial charge < -0.3 is 0 Å². The molecule has 3 rings (SSSR count). The summed E-state index contributed by atoms with van der Waals surface area (Å²) in [5.41, 5.74) is 3.62. The minimum absolute atomic E-state index is 0.143. The Kier molecular flexibility index (Phi) is 3.30. The van der Waals surface area contributed by atoms with E-state index in [0.717, 1.165) is 11.3 Å². The van der Waals surface area contributed by atoms with Gasteiger partial charge in [-0.05, 0) is 17.7 Å². The van der Waals surface area contributed by atoms with Crippen molar-refractivity contribution in [1.82, 2.24) is 4.98 Å². The zero-order valence-electron chi connectivity index (χ0n) is 9.47. The van der Waals surface area contributed by atoms with Crippen molar-refractivity contribution in [1.29, 1.82) is 0 Å². The van der Waals surface area contributed by atoms with Crippen LogP contribution in [0.5, 0.6) is 0 Å². The highest BCUT2D eigenvalue weighted by atomic mass is 32.2. The molecule has 0 saturated heterocycles. The largest absolute Gasteiger partial charge is 0.245 e. The third kappa shape index (κ3) is 2.26. The predicted octanol–water partition coefficient (Wildman–Crippen LogP) is 4.73. The molecule has 0 spiro atoms. The van der Waals surface area contributed by atoms with Crippen LogP contribution in [0.3, 0.4) is 0 Å². The molecule has 1 nitrogen and oxygen atoms in total. The maximum atomic E-state index is 14.2. The molecule has 0 aliphatic heterocycles. The lowest BCUT2D eigenvalue weighted by atomic mass is 10.2. The van der Waals surface area contributed by atoms with E-state index in [1.54, 1.807) is 5.51 Å². The van der Waals surface area contributed by atoms with E-state index in [9.17, 15) is 4.39 Å². The summed E-state index contributed by atoms with van der Waals surface area (Å²) in [6, 6.07) is 13.8. The summed E-state index contributed by atoms with van der Waals surface area (Å²) in [6.45, 7) is 0. The summed E-state index contributed by atoms with van der Waals surface area (Å²) >= 11 is 2.87. The number of fused-ring (bicyclic) bond motifs is 1. The zero-order chi connectivity index (χ0) is 12.4. The number of hydrogen-bond donors (Lipinski definition) is 0. The van der Waals surface area contributed by atoms with E-state index >= 15 is 0 Å². The van der Waals surface area contributed by atoms with Crippen molar-refractivity contribution in [2.75, 3.05) is 0 Å². The first-order chi connectivity index (χ1) is 8.84. The molecule has 0 fully saturated rings. The van der Waals surface area contributed by atoms with E-state index in [2.05, 4.69) is 17.1 Å². The number of aromatic nitrogens is 1. The highest BCUT2D eigenvalue weighted by Crippen LogP contribution is 2.31. The molecule has 90 valence electrons. The van der Waals surface area contributed by atoms with Crippen molar-refractivity contribution in [2.24, 2.45) is 0 Å². The second kappa shape index (κ2) is 5.08. The van der Waals surface area contributed by atoms with Crippen LogP contribution in [0, 0.1) is 5.82 Å². The molecule has 0 aliphatic rings. The number of halogens is 1. The van der Waals surface area contributed by atoms with Crippen molar-refractivity contribution in [3.05, 3.63) is 59.4 Å². The lowest BCUT2D eigenvalue weighted by Gasteiger charge is -2.03. The number of hydrogen-bond acceptors (Lipinski definition) is 3. The molecule has 1 heterocycles. The van der Waals surface area contributed by atoms with E-state index in [4.69, 9.17) is 0 Å². The van der Waals surface area contributed by atoms with Crippen molar-refractivity contribution < 1.29 is 4.39 Å². The lowest BCUT2D eigenvalue weighted by molar-refractivity contribution is 0.616. The molecule has 0 bridgehead atoms. The maximum Gasteiger partial charge on any atom is 0.156 e. The van der Waals surface area contributed by atoms with Gasteiger partial charge in [-0.1, -0.05) is 30.3 Å². The monoisotopic (exact) mass is 275 g/mol. The van der Waals surface area contributed by atoms with Gasteiger partial charge in [0.05, 0.1) is 15.7 Å². The summed E-state index contributed by atoms with van der Waals surface area (Å²) in [6.07, 6.45) is 0. The lowest BCUT2D eigenvalue weighted by Crippen LogP contribution is -1.84. The SMILES string of the molecule is Fc1c(SCc2ccccc2)ccc2ncsc12. The van der Waals surface area contributed by atoms with Crippen LogP contribution in [0.25, 0.3) is 10.2 Å². The van der Waals surface area contributed by atoms with Gasteiger partial charge in [-0.3, -0.25) is 0 Å². The summed E-state index contributed by atoms with van der Waals surface area (Å²) in [5, 5.41) is 0. The van der Waals surface area contributed by atoms with Crippen LogP contribution in [0.2, 0.25) is 0 Å². The summed E-state index contributed by atoms with van der Waals surface area (Å²) in [5.74, 6) is 0.637. The quantitative estimate of drug-likeness (QED) is 0.641. The fourth-order valence-electron chi connectivity index (χ4n) is 1.72. The molecule has 1 aromatic heterocycles. The van der Waals surface area contributed by atoms with Gasteiger partial charge in [0.25, 0.3) is 0 Å². The van der Waals surface area contributed by atoms with Gasteiger partial charge in [-0.25, -0.2) is 9.37 Å². The van der Waals surface area contributed by atoms with Crippen molar-refractivity contribution >= 4 is 33.3 Å². The van der Waals surface area contributed by atoms with Crippen molar-refractivity contribution in [2.45, 2.75) is 10.6 Å². The highest BCUT2D eigenvalue weighted by Gasteiger charge is 2.09. The van der Waals surface area contributed by atoms with Crippen molar-refractivity contribution in [3.63, 3.8) is 0 Å². The summed E-state index contributed by atoms with van der Waals surface area (Å²) in [7, 11) is 0. The minimum atomic E-state index is -0.143. The Balaban J connectivity index is 1.84. The van der Waals surface area contributed by atoms with Crippen molar-refractivity contribution in [3.8, 4) is 0 Å². The van der Waals surface area contributed by atoms with Gasteiger partial charge in [0, 0.05) is 10.6 Å². The highest BCUT2D eigenvalue weighted by molar-refractivity contribution is 7.98. The zero-order valence-corrected chi connectivity index (χ0v) is 11.1. The number of rotatable bonds is 3. The Morgan fingerprint density at radius 2 is 1.94 bits per heavy atom. The van der Waals surface area contributed by atoms with Gasteiger partial charge >= 0.3 is 0 Å². The van der Waals surface area contributed by atoms with Crippen LogP contribution in [0.4, 0.5) is 4.39 Å². The van der Waals surface area contributed by atoms with E-state index in [1.807, 2.05) is 30.3 Å². The van der Waals surface area contributed by atoms with E-state index < -0.39 is 0 Å². The van der Waals surface area contributed by atoms with Crippen LogP contribution >= 0.6 is 23.1 Å². The number of nitrogens with zero attached hydrogens (tertiary/aromatic N) is 1. The Bertz CT molecular complexity index is 664. The molecule has 3 aromatic rings. The molecular weight excluding hydrogens is 265 g/mol. The number of benzene rings is 2. The third-order valence-electron chi connectivity index (χ3n) is 2.64. The second-order valence-electron chi connectivity index (χ2n) is 3.85. The van der Waals surface area contributed by atoms with Crippen LogP contribution in [-0.2, 0) is 5.75 Å². The van der Waals surface area contributed by atoms with E-state index in [-0.39, 0.29) is 5.82 Å². The maximum absolute atomic E-state index is 14.2. The van der Waals surface area contributed by atoms with Crippen LogP contribution in [-0.4, -0.2) is 4.98 Å². The first-order valence-electron chi connectivity index (χ1n) is 5.53. The normalized spacial score (nSPS) is 10.9. The molecule has 18 heavy (non-hydrogen) atoms. The molecule has 0 radical (unpaired) electrons. The van der Waals surface area contributed by atoms with E-state index in [0.29, 0.717) is 9.60 Å². The van der Waals surface area contributed by atoms with Gasteiger partial charge in [0.1, 0.15) is 0 Å². The summed E-state index contributed by atoms with van der Waals surface area (Å²) in [4.78, 5) is 4.80. The Labute approximate surface area is 113 Å². The first kappa shape index (κ1) is 11.7. The molecule has 0 saturated carbocycles. The Morgan fingerprint density at radius 3 is 2.78 bits per heavy atom. The molecular formula is C14H10FNS2. The molecule has 0 N–H and O–H groups in total. The fraction of sp³-hybridized carbons (Fsp3) is 0.0714. The smallest absolute Gasteiger partial charge is 0.156 e. The molecule has 2 aromatic carbocycles. The number of thioether (sulfide) groups is 1. The second-order valence-corrected chi connectivity index (χ2v) is 5.72. The molecule has 0 aliphatic carbocycles. The third-order valence-corrected chi connectivity index (χ3v) is 4.58. The summed E-state index contributed by atoms with van der Waals surface area (Å²) < 4.78 is 14.8. The van der Waals surface area contributed by atoms with Crippen LogP contribution in [0.15, 0.2) is 52.9 Å². The van der Waals surface area contributed by atoms with Crippen LogP contribution in [0.1, 0.15) is 5.56 Å². The topological polar surface area (TPSA) is 12.9 Å². The Morgan fingerprint density at radius 1 is 1.11 bits per heavy atom. The number of thiazole rings is 1. The van der Waals surface area contributed by atoms with Crippen LogP contribution < -0.4 is 0 Å².